The van der Waals surface area contributed by atoms with Crippen molar-refractivity contribution in [2.24, 2.45) is 0 Å². The minimum absolute atomic E-state index is 0.113. The highest BCUT2D eigenvalue weighted by Crippen LogP contribution is 2.22. The van der Waals surface area contributed by atoms with Gasteiger partial charge in [-0.15, -0.1) is 0 Å². The molecule has 3 rings (SSSR count). The highest BCUT2D eigenvalue weighted by atomic mass is 16.6. The zero-order chi connectivity index (χ0) is 36.2. The van der Waals surface area contributed by atoms with Gasteiger partial charge in [-0.3, -0.25) is 19.3 Å². The van der Waals surface area contributed by atoms with Crippen molar-refractivity contribution in [1.29, 1.82) is 0 Å². The van der Waals surface area contributed by atoms with Gasteiger partial charge in [0, 0.05) is 12.6 Å². The number of nitrogens with zero attached hydrogens (tertiary/aromatic N) is 1. The van der Waals surface area contributed by atoms with E-state index in [0.29, 0.717) is 136 Å². The maximum atomic E-state index is 12.3. The third kappa shape index (κ3) is 18.5. The standard InChI is InChI=1S/C36H52N2O13/c1-30(39)37-31-6-8-32(9-7-31)51-29-28-50-27-26-49-25-24-48-23-22-47-21-20-46-19-18-45-17-16-44-15-14-43-13-12-42-11-10-38-35(40)33-4-2-3-5-34(33)36(38)41/h2-9H,10-29H2,1H3,(H,37,39). The largest absolute Gasteiger partial charge is 0.491 e. The molecular formula is C36H52N2O13. The number of anilines is 1. The molecule has 0 radical (unpaired) electrons. The fourth-order valence-electron chi connectivity index (χ4n) is 4.52. The molecule has 0 fully saturated rings. The van der Waals surface area contributed by atoms with Crippen LogP contribution >= 0.6 is 0 Å². The van der Waals surface area contributed by atoms with Crippen LogP contribution in [-0.2, 0) is 47.4 Å². The summed E-state index contributed by atoms with van der Waals surface area (Å²) in [5, 5.41) is 2.71. The molecule has 0 aromatic heterocycles. The predicted molar refractivity (Wildman–Crippen MR) is 185 cm³/mol. The van der Waals surface area contributed by atoms with Gasteiger partial charge in [0.15, 0.2) is 0 Å². The second kappa shape index (κ2) is 27.2. The van der Waals surface area contributed by atoms with Crippen molar-refractivity contribution in [3.63, 3.8) is 0 Å². The van der Waals surface area contributed by atoms with Gasteiger partial charge in [-0.25, -0.2) is 0 Å². The van der Waals surface area contributed by atoms with Crippen molar-refractivity contribution in [2.45, 2.75) is 6.92 Å². The summed E-state index contributed by atoms with van der Waals surface area (Å²) in [6, 6.07) is 14.0. The van der Waals surface area contributed by atoms with Gasteiger partial charge < -0.3 is 52.7 Å². The van der Waals surface area contributed by atoms with Crippen LogP contribution in [0.15, 0.2) is 48.5 Å². The molecule has 1 N–H and O–H groups in total. The van der Waals surface area contributed by atoms with Gasteiger partial charge in [0.2, 0.25) is 5.91 Å². The summed E-state index contributed by atoms with van der Waals surface area (Å²) in [4.78, 5) is 36.9. The molecule has 2 aromatic carbocycles. The summed E-state index contributed by atoms with van der Waals surface area (Å²) in [5.74, 6) is 0.0339. The highest BCUT2D eigenvalue weighted by molar-refractivity contribution is 6.21. The third-order valence-electron chi connectivity index (χ3n) is 6.98. The lowest BCUT2D eigenvalue weighted by Crippen LogP contribution is -2.33. The van der Waals surface area contributed by atoms with Gasteiger partial charge in [0.25, 0.3) is 11.8 Å². The molecule has 0 saturated carbocycles. The van der Waals surface area contributed by atoms with Crippen LogP contribution in [0.5, 0.6) is 5.75 Å². The molecule has 1 aliphatic heterocycles. The molecule has 2 aromatic rings. The Labute approximate surface area is 299 Å². The molecular weight excluding hydrogens is 668 g/mol. The molecule has 3 amide bonds. The van der Waals surface area contributed by atoms with Crippen molar-refractivity contribution < 1.29 is 61.8 Å². The van der Waals surface area contributed by atoms with Gasteiger partial charge in [-0.2, -0.15) is 0 Å². The quantitative estimate of drug-likeness (QED) is 0.0869. The number of hydrogen-bond donors (Lipinski definition) is 1. The second-order valence-corrected chi connectivity index (χ2v) is 10.9. The first-order chi connectivity index (χ1) is 25.1. The summed E-state index contributed by atoms with van der Waals surface area (Å²) >= 11 is 0. The highest BCUT2D eigenvalue weighted by Gasteiger charge is 2.34. The third-order valence-corrected chi connectivity index (χ3v) is 6.98. The van der Waals surface area contributed by atoms with E-state index in [0.717, 1.165) is 5.69 Å². The van der Waals surface area contributed by atoms with Crippen LogP contribution in [0.4, 0.5) is 5.69 Å². The van der Waals surface area contributed by atoms with Crippen molar-refractivity contribution in [3.05, 3.63) is 59.7 Å². The number of amides is 3. The number of nitrogens with one attached hydrogen (secondary N) is 1. The monoisotopic (exact) mass is 720 g/mol. The summed E-state index contributed by atoms with van der Waals surface area (Å²) in [6.07, 6.45) is 0. The van der Waals surface area contributed by atoms with Crippen molar-refractivity contribution in [1.82, 2.24) is 4.90 Å². The number of ether oxygens (including phenoxy) is 10. The molecule has 51 heavy (non-hydrogen) atoms. The van der Waals surface area contributed by atoms with Gasteiger partial charge in [0.1, 0.15) is 12.4 Å². The lowest BCUT2D eigenvalue weighted by atomic mass is 10.1. The molecule has 0 unspecified atom stereocenters. The number of carbonyl (C=O) groups excluding carboxylic acids is 3. The van der Waals surface area contributed by atoms with Crippen LogP contribution in [-0.4, -0.2) is 155 Å². The van der Waals surface area contributed by atoms with E-state index in [4.69, 9.17) is 47.4 Å². The van der Waals surface area contributed by atoms with Crippen molar-refractivity contribution >= 4 is 23.4 Å². The fourth-order valence-corrected chi connectivity index (χ4v) is 4.52. The van der Waals surface area contributed by atoms with Crippen LogP contribution in [0.25, 0.3) is 0 Å². The average molecular weight is 721 g/mol. The number of carbonyl (C=O) groups is 3. The molecule has 1 aliphatic rings. The Morgan fingerprint density at radius 1 is 0.490 bits per heavy atom. The van der Waals surface area contributed by atoms with E-state index < -0.39 is 0 Å². The van der Waals surface area contributed by atoms with Crippen molar-refractivity contribution in [2.75, 3.05) is 137 Å². The first kappa shape index (κ1) is 41.9. The van der Waals surface area contributed by atoms with Gasteiger partial charge >= 0.3 is 0 Å². The predicted octanol–water partition coefficient (Wildman–Crippen LogP) is 2.47. The molecule has 1 heterocycles. The number of hydrogen-bond acceptors (Lipinski definition) is 13. The smallest absolute Gasteiger partial charge is 0.261 e. The summed E-state index contributed by atoms with van der Waals surface area (Å²) < 4.78 is 54.9. The molecule has 0 aliphatic carbocycles. The van der Waals surface area contributed by atoms with Crippen LogP contribution in [0.1, 0.15) is 27.6 Å². The fraction of sp³-hybridized carbons (Fsp3) is 0.583. The Hall–Kier alpha value is -3.51. The van der Waals surface area contributed by atoms with Gasteiger partial charge in [-0.05, 0) is 36.4 Å². The van der Waals surface area contributed by atoms with Gasteiger partial charge in [0.05, 0.1) is 137 Å². The minimum Gasteiger partial charge on any atom is -0.491 e. The van der Waals surface area contributed by atoms with E-state index in [2.05, 4.69) is 5.32 Å². The van der Waals surface area contributed by atoms with Crippen LogP contribution in [0.3, 0.4) is 0 Å². The Bertz CT molecular complexity index is 1210. The maximum Gasteiger partial charge on any atom is 0.261 e. The van der Waals surface area contributed by atoms with E-state index in [1.807, 2.05) is 0 Å². The number of rotatable bonds is 32. The van der Waals surface area contributed by atoms with E-state index in [-0.39, 0.29) is 30.9 Å². The lowest BCUT2D eigenvalue weighted by Gasteiger charge is -2.13. The summed E-state index contributed by atoms with van der Waals surface area (Å²) in [5.41, 5.74) is 1.60. The number of imide groups is 1. The SMILES string of the molecule is CC(=O)Nc1ccc(OCCOCCOCCOCCOCCOCCOCCOCCOCCOCCN2C(=O)c3ccccc3C2=O)cc1. The molecule has 0 atom stereocenters. The molecule has 0 spiro atoms. The Morgan fingerprint density at radius 2 is 0.824 bits per heavy atom. The van der Waals surface area contributed by atoms with E-state index in [1.165, 1.54) is 11.8 Å². The Balaban J connectivity index is 0.938. The van der Waals surface area contributed by atoms with Crippen LogP contribution in [0, 0.1) is 0 Å². The molecule has 15 nitrogen and oxygen atoms in total. The van der Waals surface area contributed by atoms with Crippen LogP contribution < -0.4 is 10.1 Å². The second-order valence-electron chi connectivity index (χ2n) is 10.9. The van der Waals surface area contributed by atoms with E-state index >= 15 is 0 Å². The normalized spacial score (nSPS) is 12.5. The van der Waals surface area contributed by atoms with Crippen molar-refractivity contribution in [3.8, 4) is 5.75 Å². The Morgan fingerprint density at radius 3 is 1.18 bits per heavy atom. The zero-order valence-corrected chi connectivity index (χ0v) is 29.5. The first-order valence-electron chi connectivity index (χ1n) is 17.2. The Kier molecular flexibility index (Phi) is 22.3. The van der Waals surface area contributed by atoms with E-state index in [1.54, 1.807) is 48.5 Å². The summed E-state index contributed by atoms with van der Waals surface area (Å²) in [6.45, 7) is 10.1. The summed E-state index contributed by atoms with van der Waals surface area (Å²) in [7, 11) is 0. The first-order valence-corrected chi connectivity index (χ1v) is 17.2. The minimum atomic E-state index is -0.281. The average Bonchev–Trinajstić information content (AvgIpc) is 3.37. The molecule has 0 saturated heterocycles. The van der Waals surface area contributed by atoms with E-state index in [9.17, 15) is 14.4 Å². The van der Waals surface area contributed by atoms with Gasteiger partial charge in [-0.1, -0.05) is 12.1 Å². The lowest BCUT2D eigenvalue weighted by molar-refractivity contribution is -0.114. The molecule has 15 heteroatoms. The number of benzene rings is 2. The maximum absolute atomic E-state index is 12.3. The molecule has 0 bridgehead atoms. The molecule has 284 valence electrons. The zero-order valence-electron chi connectivity index (χ0n) is 29.5. The number of fused-ring (bicyclic) bond motifs is 1. The van der Waals surface area contributed by atoms with Crippen LogP contribution in [0.2, 0.25) is 0 Å². The topological polar surface area (TPSA) is 159 Å².